The summed E-state index contributed by atoms with van der Waals surface area (Å²) in [7, 11) is 3.10. The number of carbonyl (C=O) groups excluding carboxylic acids is 2. The molecule has 0 spiro atoms. The fourth-order valence-electron chi connectivity index (χ4n) is 2.63. The summed E-state index contributed by atoms with van der Waals surface area (Å²) in [4.78, 5) is 24.8. The Kier molecular flexibility index (Phi) is 8.15. The summed E-state index contributed by atoms with van der Waals surface area (Å²) in [6, 6.07) is 12.2. The molecule has 7 nitrogen and oxygen atoms in total. The summed E-state index contributed by atoms with van der Waals surface area (Å²) >= 11 is 5.23. The van der Waals surface area contributed by atoms with E-state index in [2.05, 4.69) is 16.0 Å². The molecule has 0 saturated heterocycles. The highest BCUT2D eigenvalue weighted by Crippen LogP contribution is 2.27. The van der Waals surface area contributed by atoms with Gasteiger partial charge in [0.2, 0.25) is 5.91 Å². The van der Waals surface area contributed by atoms with E-state index in [9.17, 15) is 9.59 Å². The number of nitrogens with one attached hydrogen (secondary N) is 3. The van der Waals surface area contributed by atoms with Crippen LogP contribution in [0.4, 0.5) is 5.69 Å². The van der Waals surface area contributed by atoms with Crippen molar-refractivity contribution in [3.05, 3.63) is 59.7 Å². The SMILES string of the molecule is COc1ccc(/C=C/C(=O)NC(=S)Nc2ccccc2C(=O)NC(C)(C)C)cc1OC. The summed E-state index contributed by atoms with van der Waals surface area (Å²) in [6.07, 6.45) is 2.98. The predicted molar refractivity (Wildman–Crippen MR) is 127 cm³/mol. The Balaban J connectivity index is 2.03. The highest BCUT2D eigenvalue weighted by molar-refractivity contribution is 7.80. The van der Waals surface area contributed by atoms with Crippen molar-refractivity contribution in [3.8, 4) is 11.5 Å². The number of benzene rings is 2. The molecule has 2 amide bonds. The highest BCUT2D eigenvalue weighted by Gasteiger charge is 2.18. The van der Waals surface area contributed by atoms with Gasteiger partial charge in [-0.05, 0) is 68.9 Å². The molecule has 0 saturated carbocycles. The number of para-hydroxylation sites is 1. The van der Waals surface area contributed by atoms with E-state index < -0.39 is 5.91 Å². The first-order chi connectivity index (χ1) is 14.6. The number of carbonyl (C=O) groups is 2. The molecule has 0 aliphatic heterocycles. The molecule has 0 aliphatic carbocycles. The van der Waals surface area contributed by atoms with Crippen molar-refractivity contribution in [1.29, 1.82) is 0 Å². The van der Waals surface area contributed by atoms with Gasteiger partial charge in [-0.25, -0.2) is 0 Å². The molecule has 164 valence electrons. The molecular formula is C23H27N3O4S. The van der Waals surface area contributed by atoms with Crippen molar-refractivity contribution >= 4 is 40.9 Å². The predicted octanol–water partition coefficient (Wildman–Crippen LogP) is 3.76. The van der Waals surface area contributed by atoms with Crippen molar-refractivity contribution in [2.24, 2.45) is 0 Å². The molecule has 8 heteroatoms. The Morgan fingerprint density at radius 1 is 1.00 bits per heavy atom. The van der Waals surface area contributed by atoms with Crippen LogP contribution in [0, 0.1) is 0 Å². The zero-order valence-corrected chi connectivity index (χ0v) is 19.1. The summed E-state index contributed by atoms with van der Waals surface area (Å²) in [5.41, 5.74) is 1.30. The highest BCUT2D eigenvalue weighted by atomic mass is 32.1. The third-order valence-corrected chi connectivity index (χ3v) is 4.18. The standard InChI is InChI=1S/C23H27N3O4S/c1-23(2,3)26-21(28)16-8-6-7-9-17(16)24-22(31)25-20(27)13-11-15-10-12-18(29-4)19(14-15)30-5/h6-14H,1-5H3,(H,26,28)(H2,24,25,27,31)/b13-11+. The lowest BCUT2D eigenvalue weighted by atomic mass is 10.1. The lowest BCUT2D eigenvalue weighted by Gasteiger charge is -2.21. The number of ether oxygens (including phenoxy) is 2. The van der Waals surface area contributed by atoms with Crippen LogP contribution < -0.4 is 25.4 Å². The minimum Gasteiger partial charge on any atom is -0.493 e. The Bertz CT molecular complexity index is 997. The van der Waals surface area contributed by atoms with Gasteiger partial charge < -0.3 is 20.1 Å². The summed E-state index contributed by atoms with van der Waals surface area (Å²) < 4.78 is 10.4. The summed E-state index contributed by atoms with van der Waals surface area (Å²) in [5, 5.41) is 8.47. The lowest BCUT2D eigenvalue weighted by Crippen LogP contribution is -2.41. The first kappa shape index (κ1) is 23.9. The molecule has 0 atom stereocenters. The Labute approximate surface area is 187 Å². The maximum atomic E-state index is 12.5. The normalized spacial score (nSPS) is 11.0. The lowest BCUT2D eigenvalue weighted by molar-refractivity contribution is -0.115. The number of rotatable bonds is 6. The second-order valence-electron chi connectivity index (χ2n) is 7.64. The van der Waals surface area contributed by atoms with Gasteiger partial charge >= 0.3 is 0 Å². The molecule has 0 heterocycles. The van der Waals surface area contributed by atoms with Crippen LogP contribution in [0.2, 0.25) is 0 Å². The third kappa shape index (κ3) is 7.42. The van der Waals surface area contributed by atoms with Crippen LogP contribution in [0.25, 0.3) is 6.08 Å². The maximum absolute atomic E-state index is 12.5. The van der Waals surface area contributed by atoms with E-state index in [0.717, 1.165) is 5.56 Å². The van der Waals surface area contributed by atoms with Gasteiger partial charge in [0.25, 0.3) is 5.91 Å². The average molecular weight is 442 g/mol. The Hall–Kier alpha value is -3.39. The molecule has 2 rings (SSSR count). The zero-order chi connectivity index (χ0) is 23.0. The number of hydrogen-bond donors (Lipinski definition) is 3. The van der Waals surface area contributed by atoms with Gasteiger partial charge in [-0.3, -0.25) is 14.9 Å². The Morgan fingerprint density at radius 2 is 1.68 bits per heavy atom. The van der Waals surface area contributed by atoms with E-state index in [4.69, 9.17) is 21.7 Å². The van der Waals surface area contributed by atoms with Crippen molar-refractivity contribution in [2.45, 2.75) is 26.3 Å². The smallest absolute Gasteiger partial charge is 0.253 e. The van der Waals surface area contributed by atoms with Crippen molar-refractivity contribution in [2.75, 3.05) is 19.5 Å². The molecule has 0 fully saturated rings. The molecule has 2 aromatic carbocycles. The molecule has 0 aliphatic rings. The van der Waals surface area contributed by atoms with Gasteiger partial charge in [0, 0.05) is 11.6 Å². The monoisotopic (exact) mass is 441 g/mol. The summed E-state index contributed by atoms with van der Waals surface area (Å²) in [6.45, 7) is 5.70. The van der Waals surface area contributed by atoms with E-state index in [1.54, 1.807) is 62.8 Å². The minimum absolute atomic E-state index is 0.0815. The summed E-state index contributed by atoms with van der Waals surface area (Å²) in [5.74, 6) is 0.512. The van der Waals surface area contributed by atoms with Gasteiger partial charge in [0.1, 0.15) is 0 Å². The van der Waals surface area contributed by atoms with E-state index in [1.807, 2.05) is 20.8 Å². The van der Waals surface area contributed by atoms with Crippen molar-refractivity contribution < 1.29 is 19.1 Å². The van der Waals surface area contributed by atoms with Crippen molar-refractivity contribution in [1.82, 2.24) is 10.6 Å². The molecule has 0 radical (unpaired) electrons. The number of anilines is 1. The van der Waals surface area contributed by atoms with Crippen molar-refractivity contribution in [3.63, 3.8) is 0 Å². The van der Waals surface area contributed by atoms with Crippen LogP contribution in [0.3, 0.4) is 0 Å². The fraction of sp³-hybridized carbons (Fsp3) is 0.261. The van der Waals surface area contributed by atoms with E-state index in [0.29, 0.717) is 22.7 Å². The molecular weight excluding hydrogens is 414 g/mol. The van der Waals surface area contributed by atoms with Crippen LogP contribution >= 0.6 is 12.2 Å². The molecule has 0 bridgehead atoms. The third-order valence-electron chi connectivity index (χ3n) is 3.98. The van der Waals surface area contributed by atoms with Crippen LogP contribution in [0.5, 0.6) is 11.5 Å². The molecule has 3 N–H and O–H groups in total. The van der Waals surface area contributed by atoms with Gasteiger partial charge in [-0.1, -0.05) is 18.2 Å². The molecule has 31 heavy (non-hydrogen) atoms. The molecule has 2 aromatic rings. The van der Waals surface area contributed by atoms with Crippen LogP contribution in [-0.2, 0) is 4.79 Å². The number of thiocarbonyl (C=S) groups is 1. The maximum Gasteiger partial charge on any atom is 0.253 e. The number of amides is 2. The van der Waals surface area contributed by atoms with E-state index >= 15 is 0 Å². The van der Waals surface area contributed by atoms with E-state index in [-0.39, 0.29) is 16.6 Å². The van der Waals surface area contributed by atoms with Gasteiger partial charge in [0.05, 0.1) is 25.5 Å². The second-order valence-corrected chi connectivity index (χ2v) is 8.05. The van der Waals surface area contributed by atoms with Crippen LogP contribution in [0.15, 0.2) is 48.5 Å². The molecule has 0 unspecified atom stereocenters. The Morgan fingerprint density at radius 3 is 2.32 bits per heavy atom. The number of methoxy groups -OCH3 is 2. The van der Waals surface area contributed by atoms with Gasteiger partial charge in [-0.15, -0.1) is 0 Å². The minimum atomic E-state index is -0.413. The van der Waals surface area contributed by atoms with E-state index in [1.165, 1.54) is 6.08 Å². The van der Waals surface area contributed by atoms with Crippen LogP contribution in [-0.4, -0.2) is 36.7 Å². The van der Waals surface area contributed by atoms with Gasteiger partial charge in [-0.2, -0.15) is 0 Å². The zero-order valence-electron chi connectivity index (χ0n) is 18.2. The average Bonchev–Trinajstić information content (AvgIpc) is 2.71. The second kappa shape index (κ2) is 10.6. The quantitative estimate of drug-likeness (QED) is 0.467. The number of hydrogen-bond acceptors (Lipinski definition) is 5. The largest absolute Gasteiger partial charge is 0.493 e. The first-order valence-electron chi connectivity index (χ1n) is 9.56. The topological polar surface area (TPSA) is 88.7 Å². The molecule has 0 aromatic heterocycles. The van der Waals surface area contributed by atoms with Crippen LogP contribution in [0.1, 0.15) is 36.7 Å². The van der Waals surface area contributed by atoms with Gasteiger partial charge in [0.15, 0.2) is 16.6 Å². The first-order valence-corrected chi connectivity index (χ1v) is 9.97. The fourth-order valence-corrected chi connectivity index (χ4v) is 2.84.